The van der Waals surface area contributed by atoms with Crippen LogP contribution in [0.25, 0.3) is 0 Å². The zero-order chi connectivity index (χ0) is 16.7. The maximum Gasteiger partial charge on any atom is 0.287 e. The largest absolute Gasteiger partial charge is 0.496 e. The molecule has 0 saturated carbocycles. The van der Waals surface area contributed by atoms with Gasteiger partial charge in [0.05, 0.1) is 7.11 Å². The summed E-state index contributed by atoms with van der Waals surface area (Å²) >= 11 is 3.04. The highest BCUT2D eigenvalue weighted by atomic mass is 32.2. The summed E-state index contributed by atoms with van der Waals surface area (Å²) in [5, 5.41) is 0.978. The van der Waals surface area contributed by atoms with E-state index >= 15 is 0 Å². The van der Waals surface area contributed by atoms with Crippen LogP contribution in [0, 0.1) is 5.92 Å². The van der Waals surface area contributed by atoms with Crippen molar-refractivity contribution in [3.63, 3.8) is 0 Å². The summed E-state index contributed by atoms with van der Waals surface area (Å²) in [7, 11) is 1.69. The van der Waals surface area contributed by atoms with Crippen LogP contribution in [0.3, 0.4) is 0 Å². The van der Waals surface area contributed by atoms with Crippen molar-refractivity contribution in [1.29, 1.82) is 0 Å². The number of methoxy groups -OCH3 is 1. The van der Waals surface area contributed by atoms with Gasteiger partial charge in [0.1, 0.15) is 5.75 Å². The van der Waals surface area contributed by atoms with Crippen LogP contribution < -0.4 is 4.74 Å². The molecule has 1 aromatic rings. The van der Waals surface area contributed by atoms with E-state index < -0.39 is 0 Å². The van der Waals surface area contributed by atoms with Gasteiger partial charge in [-0.3, -0.25) is 14.7 Å². The molecule has 0 aromatic heterocycles. The molecular weight excluding hydrogens is 328 g/mol. The second kappa shape index (κ2) is 9.23. The maximum absolute atomic E-state index is 12.3. The topological polar surface area (TPSA) is 41.9 Å². The van der Waals surface area contributed by atoms with Crippen molar-refractivity contribution < 1.29 is 9.53 Å². The highest BCUT2D eigenvalue weighted by molar-refractivity contribution is 8.15. The monoisotopic (exact) mass is 352 g/mol. The Kier molecular flexibility index (Phi) is 7.30. The molecule has 1 aliphatic rings. The lowest BCUT2D eigenvalue weighted by Gasteiger charge is -2.31. The van der Waals surface area contributed by atoms with Crippen LogP contribution in [-0.2, 0) is 6.42 Å². The number of carbonyl (C=O) groups excluding carboxylic acids is 1. The first-order chi connectivity index (χ1) is 11.2. The lowest BCUT2D eigenvalue weighted by Crippen LogP contribution is -2.41. The summed E-state index contributed by atoms with van der Waals surface area (Å²) in [5.74, 6) is 3.22. The van der Waals surface area contributed by atoms with Gasteiger partial charge in [-0.15, -0.1) is 0 Å². The van der Waals surface area contributed by atoms with Gasteiger partial charge in [-0.25, -0.2) is 0 Å². The molecule has 4 nitrogen and oxygen atoms in total. The number of rotatable bonds is 5. The number of aliphatic imine (C=N–C) groups is 1. The summed E-state index contributed by atoms with van der Waals surface area (Å²) in [6.45, 7) is 5.61. The Balaban J connectivity index is 2.02. The van der Waals surface area contributed by atoms with Crippen molar-refractivity contribution in [2.75, 3.05) is 31.7 Å². The summed E-state index contributed by atoms with van der Waals surface area (Å²) in [6, 6.07) is 8.00. The van der Waals surface area contributed by atoms with Crippen LogP contribution in [0.15, 0.2) is 29.3 Å². The quantitative estimate of drug-likeness (QED) is 0.798. The molecule has 1 fully saturated rings. The van der Waals surface area contributed by atoms with E-state index in [0.717, 1.165) is 41.0 Å². The lowest BCUT2D eigenvalue weighted by molar-refractivity contribution is 0.240. The number of ether oxygens (including phenoxy) is 1. The molecule has 1 unspecified atom stereocenters. The van der Waals surface area contributed by atoms with Gasteiger partial charge in [0, 0.05) is 18.8 Å². The number of thioether (sulfide) groups is 2. The molecule has 1 atom stereocenters. The van der Waals surface area contributed by atoms with E-state index in [4.69, 9.17) is 4.74 Å². The highest BCUT2D eigenvalue weighted by Gasteiger charge is 2.27. The first-order valence-corrected chi connectivity index (χ1v) is 9.86. The third-order valence-electron chi connectivity index (χ3n) is 3.53. The number of amides is 1. The molecular formula is C17H24N2O2S2. The summed E-state index contributed by atoms with van der Waals surface area (Å²) < 4.78 is 5.37. The molecule has 2 rings (SSSR count). The Morgan fingerprint density at radius 1 is 1.48 bits per heavy atom. The predicted octanol–water partition coefficient (Wildman–Crippen LogP) is 4.15. The Labute approximate surface area is 147 Å². The number of hydrogen-bond acceptors (Lipinski definition) is 5. The predicted molar refractivity (Wildman–Crippen MR) is 101 cm³/mol. The van der Waals surface area contributed by atoms with E-state index in [-0.39, 0.29) is 5.24 Å². The van der Waals surface area contributed by atoms with Crippen LogP contribution in [0.4, 0.5) is 4.79 Å². The van der Waals surface area contributed by atoms with Crippen LogP contribution in [0.2, 0.25) is 0 Å². The van der Waals surface area contributed by atoms with E-state index in [2.05, 4.69) is 18.0 Å². The molecule has 126 valence electrons. The third kappa shape index (κ3) is 5.18. The zero-order valence-electron chi connectivity index (χ0n) is 13.9. The van der Waals surface area contributed by atoms with E-state index in [1.165, 1.54) is 11.8 Å². The van der Waals surface area contributed by atoms with Crippen molar-refractivity contribution in [3.05, 3.63) is 29.8 Å². The van der Waals surface area contributed by atoms with Crippen LogP contribution >= 0.6 is 23.5 Å². The van der Waals surface area contributed by atoms with Gasteiger partial charge >= 0.3 is 0 Å². The average Bonchev–Trinajstić information content (AvgIpc) is 2.56. The van der Waals surface area contributed by atoms with E-state index in [1.54, 1.807) is 18.9 Å². The molecule has 0 radical (unpaired) electrons. The van der Waals surface area contributed by atoms with Crippen LogP contribution in [-0.4, -0.2) is 47.0 Å². The standard InChI is InChI=1S/C17H24N2O2S2/c1-4-22-17(20)19-11-13(2)12-23-16(19)18-10-9-14-7-5-6-8-15(14)21-3/h5-8,13H,4,9-12H2,1-3H3. The molecule has 0 spiro atoms. The molecule has 6 heteroatoms. The van der Waals surface area contributed by atoms with E-state index in [0.29, 0.717) is 12.5 Å². The summed E-state index contributed by atoms with van der Waals surface area (Å²) in [5.41, 5.74) is 1.15. The van der Waals surface area contributed by atoms with Gasteiger partial charge in [-0.2, -0.15) is 0 Å². The fourth-order valence-electron chi connectivity index (χ4n) is 2.40. The van der Waals surface area contributed by atoms with E-state index in [1.807, 2.05) is 30.0 Å². The van der Waals surface area contributed by atoms with Crippen molar-refractivity contribution in [1.82, 2.24) is 4.90 Å². The zero-order valence-corrected chi connectivity index (χ0v) is 15.6. The summed E-state index contributed by atoms with van der Waals surface area (Å²) in [4.78, 5) is 18.8. The molecule has 1 amide bonds. The minimum Gasteiger partial charge on any atom is -0.496 e. The number of amidine groups is 1. The molecule has 1 aromatic carbocycles. The fraction of sp³-hybridized carbons (Fsp3) is 0.529. The van der Waals surface area contributed by atoms with Gasteiger partial charge in [0.15, 0.2) is 5.17 Å². The lowest BCUT2D eigenvalue weighted by atomic mass is 10.1. The van der Waals surface area contributed by atoms with Crippen molar-refractivity contribution >= 4 is 33.9 Å². The molecule has 1 aliphatic heterocycles. The number of nitrogens with zero attached hydrogens (tertiary/aromatic N) is 2. The molecule has 1 heterocycles. The van der Waals surface area contributed by atoms with E-state index in [9.17, 15) is 4.79 Å². The van der Waals surface area contributed by atoms with Gasteiger partial charge in [0.2, 0.25) is 0 Å². The second-order valence-corrected chi connectivity index (χ2v) is 7.65. The molecule has 23 heavy (non-hydrogen) atoms. The Morgan fingerprint density at radius 2 is 2.26 bits per heavy atom. The third-order valence-corrected chi connectivity index (χ3v) is 5.63. The highest BCUT2D eigenvalue weighted by Crippen LogP contribution is 2.25. The Hall–Kier alpha value is -1.14. The fourth-order valence-corrected chi connectivity index (χ4v) is 4.06. The van der Waals surface area contributed by atoms with Gasteiger partial charge in [0.25, 0.3) is 5.24 Å². The number of benzene rings is 1. The smallest absolute Gasteiger partial charge is 0.287 e. The van der Waals surface area contributed by atoms with Crippen molar-refractivity contribution in [3.8, 4) is 5.75 Å². The Bertz CT molecular complexity index is 563. The van der Waals surface area contributed by atoms with Gasteiger partial charge < -0.3 is 4.74 Å². The number of para-hydroxylation sites is 1. The summed E-state index contributed by atoms with van der Waals surface area (Å²) in [6.07, 6.45) is 0.812. The van der Waals surface area contributed by atoms with Crippen LogP contribution in [0.1, 0.15) is 19.4 Å². The molecule has 0 aliphatic carbocycles. The molecule has 1 saturated heterocycles. The number of hydrogen-bond donors (Lipinski definition) is 0. The van der Waals surface area contributed by atoms with Gasteiger partial charge in [-0.05, 0) is 29.7 Å². The minimum absolute atomic E-state index is 0.114. The average molecular weight is 353 g/mol. The first kappa shape index (κ1) is 18.2. The first-order valence-electron chi connectivity index (χ1n) is 7.89. The number of carbonyl (C=O) groups is 1. The minimum atomic E-state index is 0.114. The maximum atomic E-state index is 12.3. The molecule has 0 N–H and O–H groups in total. The SMILES string of the molecule is CCSC(=O)N1CC(C)CSC1=NCCc1ccccc1OC. The Morgan fingerprint density at radius 3 is 3.00 bits per heavy atom. The van der Waals surface area contributed by atoms with Crippen LogP contribution in [0.5, 0.6) is 5.75 Å². The van der Waals surface area contributed by atoms with Crippen molar-refractivity contribution in [2.45, 2.75) is 20.3 Å². The molecule has 0 bridgehead atoms. The van der Waals surface area contributed by atoms with Crippen molar-refractivity contribution in [2.24, 2.45) is 10.9 Å². The second-order valence-electron chi connectivity index (χ2n) is 5.45. The van der Waals surface area contributed by atoms with Gasteiger partial charge in [-0.1, -0.05) is 55.6 Å². The normalized spacial score (nSPS) is 19.9.